The Labute approximate surface area is 185 Å². The molecule has 1 saturated heterocycles. The molecule has 2 aromatic rings. The Morgan fingerprint density at radius 3 is 2.23 bits per heavy atom. The van der Waals surface area contributed by atoms with E-state index in [1.807, 2.05) is 75.0 Å². The first kappa shape index (κ1) is 22.7. The van der Waals surface area contributed by atoms with Gasteiger partial charge >= 0.3 is 0 Å². The smallest absolute Gasteiger partial charge is 0.260 e. The lowest BCUT2D eigenvalue weighted by Crippen LogP contribution is -2.47. The number of benzene rings is 2. The summed E-state index contributed by atoms with van der Waals surface area (Å²) < 4.78 is 5.87. The molecular formula is C25H33N3O3. The largest absolute Gasteiger partial charge is 0.483 e. The van der Waals surface area contributed by atoms with Gasteiger partial charge in [0.25, 0.3) is 11.8 Å². The van der Waals surface area contributed by atoms with Gasteiger partial charge in [0.05, 0.1) is 0 Å². The quantitative estimate of drug-likeness (QED) is 0.773. The molecule has 1 aliphatic rings. The molecule has 0 aromatic heterocycles. The van der Waals surface area contributed by atoms with Gasteiger partial charge in [-0.05, 0) is 74.6 Å². The number of carbonyl (C=O) groups is 2. The average Bonchev–Trinajstić information content (AvgIpc) is 2.76. The molecule has 1 heterocycles. The van der Waals surface area contributed by atoms with Gasteiger partial charge in [-0.3, -0.25) is 9.59 Å². The maximum Gasteiger partial charge on any atom is 0.260 e. The van der Waals surface area contributed by atoms with Gasteiger partial charge in [-0.15, -0.1) is 0 Å². The molecule has 0 aliphatic carbocycles. The van der Waals surface area contributed by atoms with Crippen LogP contribution in [0.3, 0.4) is 0 Å². The van der Waals surface area contributed by atoms with E-state index in [4.69, 9.17) is 4.74 Å². The maximum absolute atomic E-state index is 12.6. The Hall–Kier alpha value is -3.02. The van der Waals surface area contributed by atoms with Gasteiger partial charge in [-0.2, -0.15) is 0 Å². The van der Waals surface area contributed by atoms with Gasteiger partial charge in [0.15, 0.2) is 6.61 Å². The summed E-state index contributed by atoms with van der Waals surface area (Å²) in [6, 6.07) is 11.7. The van der Waals surface area contributed by atoms with E-state index in [-0.39, 0.29) is 24.5 Å². The fourth-order valence-corrected chi connectivity index (χ4v) is 3.83. The van der Waals surface area contributed by atoms with Crippen LogP contribution >= 0.6 is 0 Å². The number of piperidine rings is 1. The summed E-state index contributed by atoms with van der Waals surface area (Å²) in [5.74, 6) is 0.726. The zero-order valence-corrected chi connectivity index (χ0v) is 19.2. The minimum absolute atomic E-state index is 0.00985. The first-order chi connectivity index (χ1) is 14.8. The summed E-state index contributed by atoms with van der Waals surface area (Å²) in [6.07, 6.45) is 1.49. The molecule has 1 aliphatic heterocycles. The highest BCUT2D eigenvalue weighted by Gasteiger charge is 2.24. The van der Waals surface area contributed by atoms with Crippen molar-refractivity contribution in [1.82, 2.24) is 10.2 Å². The summed E-state index contributed by atoms with van der Waals surface area (Å²) >= 11 is 0. The van der Waals surface area contributed by atoms with Crippen molar-refractivity contribution in [2.75, 3.05) is 38.7 Å². The molecule has 2 amide bonds. The second kappa shape index (κ2) is 9.86. The van der Waals surface area contributed by atoms with Crippen LogP contribution in [0, 0.1) is 20.8 Å². The van der Waals surface area contributed by atoms with Crippen LogP contribution in [0.2, 0.25) is 0 Å². The normalized spacial score (nSPS) is 14.3. The van der Waals surface area contributed by atoms with E-state index in [1.54, 1.807) is 0 Å². The fraction of sp³-hybridized carbons (Fsp3) is 0.440. The highest BCUT2D eigenvalue weighted by Crippen LogP contribution is 2.26. The molecule has 0 spiro atoms. The number of likely N-dealkylation sites (tertiary alicyclic amines) is 1. The lowest BCUT2D eigenvalue weighted by atomic mass is 10.0. The number of amides is 2. The second-order valence-electron chi connectivity index (χ2n) is 8.51. The molecule has 166 valence electrons. The van der Waals surface area contributed by atoms with Crippen LogP contribution in [0.4, 0.5) is 5.69 Å². The van der Waals surface area contributed by atoms with Crippen molar-refractivity contribution in [2.45, 2.75) is 39.7 Å². The van der Waals surface area contributed by atoms with Gasteiger partial charge in [0.1, 0.15) is 5.75 Å². The van der Waals surface area contributed by atoms with Crippen LogP contribution in [-0.2, 0) is 4.79 Å². The van der Waals surface area contributed by atoms with E-state index in [0.717, 1.165) is 41.0 Å². The van der Waals surface area contributed by atoms with Crippen molar-refractivity contribution in [3.8, 4) is 5.75 Å². The number of carbonyl (C=O) groups excluding carboxylic acids is 2. The first-order valence-corrected chi connectivity index (χ1v) is 10.8. The Morgan fingerprint density at radius 1 is 1.00 bits per heavy atom. The molecule has 0 saturated carbocycles. The van der Waals surface area contributed by atoms with Crippen LogP contribution in [0.5, 0.6) is 5.75 Å². The third kappa shape index (κ3) is 5.57. The number of hydrogen-bond acceptors (Lipinski definition) is 4. The second-order valence-corrected chi connectivity index (χ2v) is 8.51. The lowest BCUT2D eigenvalue weighted by molar-refractivity contribution is -0.134. The zero-order valence-electron chi connectivity index (χ0n) is 19.2. The molecule has 1 N–H and O–H groups in total. The molecule has 31 heavy (non-hydrogen) atoms. The summed E-state index contributed by atoms with van der Waals surface area (Å²) in [6.45, 7) is 7.34. The van der Waals surface area contributed by atoms with Crippen LogP contribution in [0.25, 0.3) is 0 Å². The molecule has 1 fully saturated rings. The fourth-order valence-electron chi connectivity index (χ4n) is 3.83. The van der Waals surface area contributed by atoms with Crippen molar-refractivity contribution in [1.29, 1.82) is 0 Å². The number of anilines is 1. The maximum atomic E-state index is 12.6. The number of nitrogens with zero attached hydrogens (tertiary/aromatic N) is 2. The van der Waals surface area contributed by atoms with Crippen molar-refractivity contribution in [3.05, 3.63) is 58.7 Å². The van der Waals surface area contributed by atoms with Crippen molar-refractivity contribution in [2.24, 2.45) is 0 Å². The molecule has 0 atom stereocenters. The zero-order chi connectivity index (χ0) is 22.5. The highest BCUT2D eigenvalue weighted by atomic mass is 16.5. The van der Waals surface area contributed by atoms with Gasteiger partial charge in [-0.1, -0.05) is 12.1 Å². The molecule has 6 nitrogen and oxygen atoms in total. The predicted molar refractivity (Wildman–Crippen MR) is 124 cm³/mol. The van der Waals surface area contributed by atoms with E-state index in [9.17, 15) is 9.59 Å². The van der Waals surface area contributed by atoms with Gasteiger partial charge in [0, 0.05) is 44.5 Å². The van der Waals surface area contributed by atoms with Crippen molar-refractivity contribution >= 4 is 17.5 Å². The van der Waals surface area contributed by atoms with Gasteiger partial charge < -0.3 is 19.9 Å². The average molecular weight is 424 g/mol. The molecule has 3 rings (SSSR count). The van der Waals surface area contributed by atoms with Gasteiger partial charge in [0.2, 0.25) is 0 Å². The van der Waals surface area contributed by atoms with Crippen LogP contribution in [-0.4, -0.2) is 56.5 Å². The highest BCUT2D eigenvalue weighted by molar-refractivity contribution is 5.94. The van der Waals surface area contributed by atoms with Crippen molar-refractivity contribution in [3.63, 3.8) is 0 Å². The Morgan fingerprint density at radius 2 is 1.61 bits per heavy atom. The standard InChI is InChI=1S/C25H33N3O3/c1-17-6-7-18(2)24(19(17)3)31-16-23(29)28-14-12-21(13-15-28)26-25(30)20-8-10-22(11-9-20)27(4)5/h6-11,21H,12-16H2,1-5H3,(H,26,30). The van der Waals surface area contributed by atoms with Crippen LogP contribution in [0.1, 0.15) is 39.9 Å². The van der Waals surface area contributed by atoms with Crippen LogP contribution < -0.4 is 15.0 Å². The van der Waals surface area contributed by atoms with E-state index >= 15 is 0 Å². The van der Waals surface area contributed by atoms with E-state index in [0.29, 0.717) is 18.7 Å². The molecular weight excluding hydrogens is 390 g/mol. The molecule has 0 radical (unpaired) electrons. The first-order valence-electron chi connectivity index (χ1n) is 10.8. The molecule has 6 heteroatoms. The number of hydrogen-bond donors (Lipinski definition) is 1. The topological polar surface area (TPSA) is 61.9 Å². The minimum Gasteiger partial charge on any atom is -0.483 e. The third-order valence-electron chi connectivity index (χ3n) is 6.04. The third-order valence-corrected chi connectivity index (χ3v) is 6.04. The van der Waals surface area contributed by atoms with Crippen molar-refractivity contribution < 1.29 is 14.3 Å². The summed E-state index contributed by atoms with van der Waals surface area (Å²) in [5, 5.41) is 3.10. The predicted octanol–water partition coefficient (Wildman–Crippen LogP) is 3.48. The molecule has 2 aromatic carbocycles. The number of nitrogens with one attached hydrogen (secondary N) is 1. The summed E-state index contributed by atoms with van der Waals surface area (Å²) in [4.78, 5) is 29.0. The minimum atomic E-state index is -0.0659. The molecule has 0 bridgehead atoms. The van der Waals surface area contributed by atoms with E-state index < -0.39 is 0 Å². The monoisotopic (exact) mass is 423 g/mol. The summed E-state index contributed by atoms with van der Waals surface area (Å²) in [5.41, 5.74) is 4.98. The SMILES string of the molecule is Cc1ccc(C)c(OCC(=O)N2CCC(NC(=O)c3ccc(N(C)C)cc3)CC2)c1C. The lowest BCUT2D eigenvalue weighted by Gasteiger charge is -2.32. The van der Waals surface area contributed by atoms with Gasteiger partial charge in [-0.25, -0.2) is 0 Å². The Kier molecular flexibility index (Phi) is 7.21. The number of rotatable bonds is 6. The Bertz CT molecular complexity index is 930. The van der Waals surface area contributed by atoms with E-state index in [2.05, 4.69) is 11.4 Å². The molecule has 0 unspecified atom stereocenters. The van der Waals surface area contributed by atoms with E-state index in [1.165, 1.54) is 0 Å². The van der Waals surface area contributed by atoms with Crippen LogP contribution in [0.15, 0.2) is 36.4 Å². The number of aryl methyl sites for hydroxylation is 2. The number of ether oxygens (including phenoxy) is 1. The summed E-state index contributed by atoms with van der Waals surface area (Å²) in [7, 11) is 3.94. The Balaban J connectivity index is 1.47.